The van der Waals surface area contributed by atoms with Crippen molar-refractivity contribution in [1.29, 1.82) is 0 Å². The van der Waals surface area contributed by atoms with E-state index in [1.165, 1.54) is 11.8 Å². The molecule has 8 heteroatoms. The molecule has 0 bridgehead atoms. The Balaban J connectivity index is 1.64. The molecule has 5 nitrogen and oxygen atoms in total. The van der Waals surface area contributed by atoms with Crippen LogP contribution < -0.4 is 19.5 Å². The van der Waals surface area contributed by atoms with Gasteiger partial charge in [-0.3, -0.25) is 4.79 Å². The van der Waals surface area contributed by atoms with Crippen LogP contribution in [0.3, 0.4) is 0 Å². The summed E-state index contributed by atoms with van der Waals surface area (Å²) in [5.41, 5.74) is 0.785. The molecule has 1 aliphatic rings. The normalized spacial score (nSPS) is 15.0. The molecule has 0 aliphatic carbocycles. The van der Waals surface area contributed by atoms with Gasteiger partial charge in [-0.25, -0.2) is 0 Å². The maximum atomic E-state index is 11.9. The Morgan fingerprint density at radius 1 is 1.15 bits per heavy atom. The third-order valence-electron chi connectivity index (χ3n) is 3.55. The third-order valence-corrected chi connectivity index (χ3v) is 5.21. The SMILES string of the molecule is COc1cccc(OCCOc2ccc(Br)cc2/C=C2\SC(=S)NC2=O)c1. The van der Waals surface area contributed by atoms with Gasteiger partial charge >= 0.3 is 0 Å². The molecule has 1 amide bonds. The van der Waals surface area contributed by atoms with E-state index in [2.05, 4.69) is 21.2 Å². The van der Waals surface area contributed by atoms with Crippen molar-refractivity contribution < 1.29 is 19.0 Å². The molecule has 1 N–H and O–H groups in total. The number of benzene rings is 2. The average Bonchev–Trinajstić information content (AvgIpc) is 2.97. The molecule has 1 aliphatic heterocycles. The number of hydrogen-bond donors (Lipinski definition) is 1. The number of rotatable bonds is 7. The van der Waals surface area contributed by atoms with Gasteiger partial charge in [-0.15, -0.1) is 0 Å². The van der Waals surface area contributed by atoms with E-state index in [0.717, 1.165) is 15.8 Å². The molecule has 0 saturated carbocycles. The molecule has 0 aromatic heterocycles. The van der Waals surface area contributed by atoms with E-state index in [-0.39, 0.29) is 5.91 Å². The molecule has 2 aromatic rings. The minimum absolute atomic E-state index is 0.197. The summed E-state index contributed by atoms with van der Waals surface area (Å²) in [5, 5.41) is 2.61. The van der Waals surface area contributed by atoms with Gasteiger partial charge in [0, 0.05) is 16.1 Å². The number of carbonyl (C=O) groups is 1. The van der Waals surface area contributed by atoms with Crippen molar-refractivity contribution in [3.63, 3.8) is 0 Å². The van der Waals surface area contributed by atoms with Crippen LogP contribution in [-0.4, -0.2) is 30.6 Å². The molecule has 1 saturated heterocycles. The van der Waals surface area contributed by atoms with Gasteiger partial charge in [-0.2, -0.15) is 0 Å². The van der Waals surface area contributed by atoms with Crippen LogP contribution in [0.1, 0.15) is 5.56 Å². The first-order chi connectivity index (χ1) is 13.0. The number of methoxy groups -OCH3 is 1. The lowest BCUT2D eigenvalue weighted by Crippen LogP contribution is -2.17. The number of ether oxygens (including phenoxy) is 3. The molecule has 27 heavy (non-hydrogen) atoms. The molecular weight excluding hydrogens is 450 g/mol. The Hall–Kier alpha value is -2.03. The van der Waals surface area contributed by atoms with Crippen LogP contribution >= 0.6 is 39.9 Å². The van der Waals surface area contributed by atoms with E-state index in [4.69, 9.17) is 26.4 Å². The van der Waals surface area contributed by atoms with Crippen molar-refractivity contribution in [2.75, 3.05) is 20.3 Å². The van der Waals surface area contributed by atoms with Crippen molar-refractivity contribution in [2.45, 2.75) is 0 Å². The van der Waals surface area contributed by atoms with Gasteiger partial charge in [-0.1, -0.05) is 46.0 Å². The molecule has 0 spiro atoms. The summed E-state index contributed by atoms with van der Waals surface area (Å²) >= 11 is 9.70. The van der Waals surface area contributed by atoms with Crippen LogP contribution in [0.5, 0.6) is 17.2 Å². The van der Waals surface area contributed by atoms with E-state index in [0.29, 0.717) is 33.9 Å². The highest BCUT2D eigenvalue weighted by Gasteiger charge is 2.22. The maximum Gasteiger partial charge on any atom is 0.263 e. The second kappa shape index (κ2) is 9.25. The lowest BCUT2D eigenvalue weighted by molar-refractivity contribution is -0.115. The summed E-state index contributed by atoms with van der Waals surface area (Å²) in [5.74, 6) is 1.91. The number of thiocarbonyl (C=S) groups is 1. The van der Waals surface area contributed by atoms with Crippen LogP contribution in [0.4, 0.5) is 0 Å². The Labute approximate surface area is 175 Å². The fourth-order valence-corrected chi connectivity index (χ4v) is 3.74. The fourth-order valence-electron chi connectivity index (χ4n) is 2.33. The van der Waals surface area contributed by atoms with Gasteiger partial charge in [0.15, 0.2) is 0 Å². The first-order valence-corrected chi connectivity index (χ1v) is 10.0. The van der Waals surface area contributed by atoms with Crippen molar-refractivity contribution >= 4 is 56.2 Å². The predicted molar refractivity (Wildman–Crippen MR) is 114 cm³/mol. The van der Waals surface area contributed by atoms with E-state index >= 15 is 0 Å². The molecule has 2 aromatic carbocycles. The largest absolute Gasteiger partial charge is 0.497 e. The van der Waals surface area contributed by atoms with Crippen molar-refractivity contribution in [3.8, 4) is 17.2 Å². The van der Waals surface area contributed by atoms with Gasteiger partial charge in [0.05, 0.1) is 12.0 Å². The highest BCUT2D eigenvalue weighted by atomic mass is 79.9. The highest BCUT2D eigenvalue weighted by molar-refractivity contribution is 9.10. The summed E-state index contributed by atoms with van der Waals surface area (Å²) in [6, 6.07) is 13.0. The van der Waals surface area contributed by atoms with E-state index in [9.17, 15) is 4.79 Å². The summed E-state index contributed by atoms with van der Waals surface area (Å²) in [6.45, 7) is 0.728. The Bertz CT molecular complexity index is 901. The summed E-state index contributed by atoms with van der Waals surface area (Å²) in [6.07, 6.45) is 1.77. The molecule has 1 heterocycles. The average molecular weight is 466 g/mol. The second-order valence-corrected chi connectivity index (χ2v) is 8.04. The molecule has 0 atom stereocenters. The fraction of sp³-hybridized carbons (Fsp3) is 0.158. The van der Waals surface area contributed by atoms with E-state index in [1.807, 2.05) is 42.5 Å². The minimum atomic E-state index is -0.197. The second-order valence-electron chi connectivity index (χ2n) is 5.41. The lowest BCUT2D eigenvalue weighted by atomic mass is 10.2. The zero-order valence-electron chi connectivity index (χ0n) is 14.4. The van der Waals surface area contributed by atoms with Gasteiger partial charge in [0.1, 0.15) is 34.8 Å². The number of halogens is 1. The lowest BCUT2D eigenvalue weighted by Gasteiger charge is -2.11. The smallest absolute Gasteiger partial charge is 0.263 e. The van der Waals surface area contributed by atoms with E-state index < -0.39 is 0 Å². The van der Waals surface area contributed by atoms with Crippen molar-refractivity contribution in [3.05, 3.63) is 57.4 Å². The number of carbonyl (C=O) groups excluding carboxylic acids is 1. The third kappa shape index (κ3) is 5.47. The number of hydrogen-bond acceptors (Lipinski definition) is 6. The Morgan fingerprint density at radius 3 is 2.67 bits per heavy atom. The minimum Gasteiger partial charge on any atom is -0.497 e. The van der Waals surface area contributed by atoms with Crippen LogP contribution in [-0.2, 0) is 4.79 Å². The quantitative estimate of drug-likeness (QED) is 0.371. The first kappa shape index (κ1) is 19.7. The predicted octanol–water partition coefficient (Wildman–Crippen LogP) is 4.40. The van der Waals surface area contributed by atoms with Gasteiger partial charge in [0.25, 0.3) is 5.91 Å². The molecule has 3 rings (SSSR count). The molecule has 1 fully saturated rings. The van der Waals surface area contributed by atoms with Crippen molar-refractivity contribution in [2.24, 2.45) is 0 Å². The zero-order valence-corrected chi connectivity index (χ0v) is 17.6. The van der Waals surface area contributed by atoms with Crippen molar-refractivity contribution in [1.82, 2.24) is 5.32 Å². The zero-order chi connectivity index (χ0) is 19.2. The van der Waals surface area contributed by atoms with Crippen LogP contribution in [0, 0.1) is 0 Å². The molecule has 0 unspecified atom stereocenters. The van der Waals surface area contributed by atoms with Crippen LogP contribution in [0.2, 0.25) is 0 Å². The Kier molecular flexibility index (Phi) is 6.76. The Morgan fingerprint density at radius 2 is 1.93 bits per heavy atom. The standard InChI is InChI=1S/C19H16BrNO4S2/c1-23-14-3-2-4-15(11-14)24-7-8-25-16-6-5-13(20)9-12(16)10-17-18(22)21-19(26)27-17/h2-6,9-11H,7-8H2,1H3,(H,21,22,26)/b17-10-. The van der Waals surface area contributed by atoms with Crippen LogP contribution in [0.15, 0.2) is 51.8 Å². The summed E-state index contributed by atoms with van der Waals surface area (Å²) < 4.78 is 18.0. The number of nitrogens with one attached hydrogen (secondary N) is 1. The summed E-state index contributed by atoms with van der Waals surface area (Å²) in [4.78, 5) is 12.4. The monoisotopic (exact) mass is 465 g/mol. The molecule has 0 radical (unpaired) electrons. The van der Waals surface area contributed by atoms with Gasteiger partial charge in [-0.05, 0) is 36.4 Å². The highest BCUT2D eigenvalue weighted by Crippen LogP contribution is 2.31. The van der Waals surface area contributed by atoms with Gasteiger partial charge in [0.2, 0.25) is 0 Å². The van der Waals surface area contributed by atoms with Crippen LogP contribution in [0.25, 0.3) is 6.08 Å². The molecular formula is C19H16BrNO4S2. The van der Waals surface area contributed by atoms with Gasteiger partial charge < -0.3 is 19.5 Å². The summed E-state index contributed by atoms with van der Waals surface area (Å²) in [7, 11) is 1.61. The maximum absolute atomic E-state index is 11.9. The number of amides is 1. The van der Waals surface area contributed by atoms with E-state index in [1.54, 1.807) is 13.2 Å². The topological polar surface area (TPSA) is 56.8 Å². The number of thioether (sulfide) groups is 1. The first-order valence-electron chi connectivity index (χ1n) is 7.99. The molecule has 140 valence electrons.